The van der Waals surface area contributed by atoms with E-state index in [1.165, 1.54) is 18.2 Å². The first kappa shape index (κ1) is 17.1. The van der Waals surface area contributed by atoms with Crippen LogP contribution in [0.4, 0.5) is 5.69 Å². The average molecular weight is 335 g/mol. The number of nitrogens with two attached hydrogens (primary N) is 1. The zero-order valence-electron chi connectivity index (χ0n) is 12.5. The summed E-state index contributed by atoms with van der Waals surface area (Å²) < 4.78 is 27.0. The van der Waals surface area contributed by atoms with Crippen molar-refractivity contribution in [2.75, 3.05) is 6.54 Å². The molecule has 2 rings (SSSR count). The zero-order valence-corrected chi connectivity index (χ0v) is 13.3. The maximum atomic E-state index is 12.3. The fourth-order valence-electron chi connectivity index (χ4n) is 2.09. The van der Waals surface area contributed by atoms with Gasteiger partial charge < -0.3 is 5.73 Å². The third-order valence-corrected chi connectivity index (χ3v) is 4.79. The highest BCUT2D eigenvalue weighted by atomic mass is 32.2. The van der Waals surface area contributed by atoms with Crippen LogP contribution in [0.5, 0.6) is 0 Å². The van der Waals surface area contributed by atoms with Crippen molar-refractivity contribution in [2.24, 2.45) is 5.73 Å². The van der Waals surface area contributed by atoms with Crippen LogP contribution in [0.1, 0.15) is 17.2 Å². The summed E-state index contributed by atoms with van der Waals surface area (Å²) in [6.07, 6.45) is 0. The second-order valence-electron chi connectivity index (χ2n) is 5.10. The van der Waals surface area contributed by atoms with Crippen molar-refractivity contribution in [3.8, 4) is 0 Å². The van der Waals surface area contributed by atoms with E-state index in [-0.39, 0.29) is 11.4 Å². The highest BCUT2D eigenvalue weighted by Gasteiger charge is 2.26. The van der Waals surface area contributed by atoms with Crippen LogP contribution in [0.2, 0.25) is 0 Å². The van der Waals surface area contributed by atoms with Crippen molar-refractivity contribution >= 4 is 15.7 Å². The Bertz CT molecular complexity index is 807. The first-order valence-corrected chi connectivity index (χ1v) is 8.35. The van der Waals surface area contributed by atoms with E-state index in [9.17, 15) is 18.5 Å². The highest BCUT2D eigenvalue weighted by Crippen LogP contribution is 2.24. The smallest absolute Gasteiger partial charge is 0.289 e. The van der Waals surface area contributed by atoms with Gasteiger partial charge in [0.2, 0.25) is 10.0 Å². The monoisotopic (exact) mass is 335 g/mol. The fraction of sp³-hybridized carbons (Fsp3) is 0.200. The normalized spacial score (nSPS) is 12.8. The second-order valence-corrected chi connectivity index (χ2v) is 6.83. The molecule has 0 amide bonds. The van der Waals surface area contributed by atoms with E-state index in [0.717, 1.165) is 5.56 Å². The molecule has 3 N–H and O–H groups in total. The predicted molar refractivity (Wildman–Crippen MR) is 86.4 cm³/mol. The molecule has 0 unspecified atom stereocenters. The van der Waals surface area contributed by atoms with Gasteiger partial charge in [-0.25, -0.2) is 13.1 Å². The molecule has 8 heteroatoms. The van der Waals surface area contributed by atoms with Gasteiger partial charge in [-0.1, -0.05) is 36.4 Å². The fourth-order valence-corrected chi connectivity index (χ4v) is 3.30. The number of nitrogens with zero attached hydrogens (tertiary/aromatic N) is 1. The van der Waals surface area contributed by atoms with Gasteiger partial charge in [-0.15, -0.1) is 0 Å². The van der Waals surface area contributed by atoms with Gasteiger partial charge in [0.05, 0.1) is 4.92 Å². The standard InChI is InChI=1S/C15H17N3O4S/c1-11-7-8-15(14(9-11)18(19)20)23(21,22)17-10-13(16)12-5-3-2-4-6-12/h2-9,13,17H,10,16H2,1H3/t13-/m1/s1. The Morgan fingerprint density at radius 1 is 1.22 bits per heavy atom. The largest absolute Gasteiger partial charge is 0.323 e. The van der Waals surface area contributed by atoms with E-state index in [1.54, 1.807) is 31.2 Å². The number of nitro groups is 1. The lowest BCUT2D eigenvalue weighted by molar-refractivity contribution is -0.387. The van der Waals surface area contributed by atoms with Crippen LogP contribution < -0.4 is 10.5 Å². The maximum absolute atomic E-state index is 12.3. The van der Waals surface area contributed by atoms with Crippen LogP contribution in [0.25, 0.3) is 0 Å². The Labute approximate surface area is 134 Å². The molecule has 0 saturated carbocycles. The van der Waals surface area contributed by atoms with Gasteiger partial charge in [-0.3, -0.25) is 10.1 Å². The summed E-state index contributed by atoms with van der Waals surface area (Å²) in [6, 6.07) is 12.4. The topological polar surface area (TPSA) is 115 Å². The van der Waals surface area contributed by atoms with Crippen LogP contribution in [0, 0.1) is 17.0 Å². The Balaban J connectivity index is 2.21. The molecule has 0 aromatic heterocycles. The molecule has 7 nitrogen and oxygen atoms in total. The molecule has 1 atom stereocenters. The van der Waals surface area contributed by atoms with Gasteiger partial charge in [0.25, 0.3) is 5.69 Å². The second kappa shape index (κ2) is 6.86. The van der Waals surface area contributed by atoms with Gasteiger partial charge in [-0.2, -0.15) is 0 Å². The molecule has 0 bridgehead atoms. The summed E-state index contributed by atoms with van der Waals surface area (Å²) in [4.78, 5) is 9.99. The maximum Gasteiger partial charge on any atom is 0.289 e. The van der Waals surface area contributed by atoms with E-state index in [4.69, 9.17) is 5.73 Å². The minimum Gasteiger partial charge on any atom is -0.323 e. The number of benzene rings is 2. The summed E-state index contributed by atoms with van der Waals surface area (Å²) in [5.41, 5.74) is 6.87. The lowest BCUT2D eigenvalue weighted by Gasteiger charge is -2.13. The van der Waals surface area contributed by atoms with E-state index in [1.807, 2.05) is 6.07 Å². The minimum atomic E-state index is -4.03. The number of nitrogens with one attached hydrogen (secondary N) is 1. The van der Waals surface area contributed by atoms with Crippen molar-refractivity contribution in [2.45, 2.75) is 17.9 Å². The molecule has 0 aliphatic carbocycles. The Morgan fingerprint density at radius 2 is 1.87 bits per heavy atom. The predicted octanol–water partition coefficient (Wildman–Crippen LogP) is 1.88. The molecule has 0 spiro atoms. The van der Waals surface area contributed by atoms with Crippen LogP contribution >= 0.6 is 0 Å². The highest BCUT2D eigenvalue weighted by molar-refractivity contribution is 7.89. The summed E-state index contributed by atoms with van der Waals surface area (Å²) in [7, 11) is -4.03. The zero-order chi connectivity index (χ0) is 17.0. The average Bonchev–Trinajstić information content (AvgIpc) is 2.53. The van der Waals surface area contributed by atoms with Crippen molar-refractivity contribution < 1.29 is 13.3 Å². The first-order chi connectivity index (χ1) is 10.8. The van der Waals surface area contributed by atoms with Crippen molar-refractivity contribution in [1.82, 2.24) is 4.72 Å². The van der Waals surface area contributed by atoms with Gasteiger partial charge in [0.15, 0.2) is 4.90 Å². The number of sulfonamides is 1. The number of aryl methyl sites for hydroxylation is 1. The SMILES string of the molecule is Cc1ccc(S(=O)(=O)NC[C@@H](N)c2ccccc2)c([N+](=O)[O-])c1. The van der Waals surface area contributed by atoms with Crippen molar-refractivity contribution in [1.29, 1.82) is 0 Å². The van der Waals surface area contributed by atoms with Gasteiger partial charge in [-0.05, 0) is 24.1 Å². The van der Waals surface area contributed by atoms with E-state index in [2.05, 4.69) is 4.72 Å². The van der Waals surface area contributed by atoms with Gasteiger partial charge in [0.1, 0.15) is 0 Å². The quantitative estimate of drug-likeness (QED) is 0.618. The van der Waals surface area contributed by atoms with Gasteiger partial charge in [0, 0.05) is 18.7 Å². The summed E-state index contributed by atoms with van der Waals surface area (Å²) in [5, 5.41) is 11.1. The number of hydrogen-bond acceptors (Lipinski definition) is 5. The number of nitro benzene ring substituents is 1. The van der Waals surface area contributed by atoms with Crippen LogP contribution in [-0.2, 0) is 10.0 Å². The lowest BCUT2D eigenvalue weighted by Crippen LogP contribution is -2.32. The molecular formula is C15H17N3O4S. The summed E-state index contributed by atoms with van der Waals surface area (Å²) >= 11 is 0. The molecule has 0 saturated heterocycles. The number of rotatable bonds is 6. The Kier molecular flexibility index (Phi) is 5.09. The van der Waals surface area contributed by atoms with Crippen molar-refractivity contribution in [3.05, 3.63) is 69.8 Å². The minimum absolute atomic E-state index is 0.0582. The number of hydrogen-bond donors (Lipinski definition) is 2. The summed E-state index contributed by atoms with van der Waals surface area (Å²) in [5.74, 6) is 0. The molecule has 0 aliphatic rings. The third-order valence-electron chi connectivity index (χ3n) is 3.32. The molecule has 23 heavy (non-hydrogen) atoms. The lowest BCUT2D eigenvalue weighted by atomic mass is 10.1. The first-order valence-electron chi connectivity index (χ1n) is 6.86. The molecule has 0 heterocycles. The van der Waals surface area contributed by atoms with E-state index >= 15 is 0 Å². The Hall–Kier alpha value is -2.29. The molecule has 0 radical (unpaired) electrons. The molecule has 2 aromatic rings. The molecule has 0 fully saturated rings. The van der Waals surface area contributed by atoms with Crippen LogP contribution in [0.3, 0.4) is 0 Å². The van der Waals surface area contributed by atoms with E-state index in [0.29, 0.717) is 5.56 Å². The molecule has 2 aromatic carbocycles. The molecule has 122 valence electrons. The summed E-state index contributed by atoms with van der Waals surface area (Å²) in [6.45, 7) is 1.60. The Morgan fingerprint density at radius 3 is 2.48 bits per heavy atom. The van der Waals surface area contributed by atoms with Crippen LogP contribution in [0.15, 0.2) is 53.4 Å². The molecular weight excluding hydrogens is 318 g/mol. The van der Waals surface area contributed by atoms with E-state index < -0.39 is 26.7 Å². The van der Waals surface area contributed by atoms with Crippen LogP contribution in [-0.4, -0.2) is 19.9 Å². The molecule has 0 aliphatic heterocycles. The third kappa shape index (κ3) is 4.13. The van der Waals surface area contributed by atoms with Crippen molar-refractivity contribution in [3.63, 3.8) is 0 Å². The van der Waals surface area contributed by atoms with Gasteiger partial charge >= 0.3 is 0 Å².